The van der Waals surface area contributed by atoms with Crippen LogP contribution >= 0.6 is 0 Å². The maximum Gasteiger partial charge on any atom is 0.150 e. The Morgan fingerprint density at radius 3 is 2.81 bits per heavy atom. The van der Waals surface area contributed by atoms with Crippen LogP contribution in [0.15, 0.2) is 24.3 Å². The van der Waals surface area contributed by atoms with E-state index in [0.29, 0.717) is 0 Å². The minimum Gasteiger partial charge on any atom is -0.377 e. The van der Waals surface area contributed by atoms with Gasteiger partial charge in [0.25, 0.3) is 0 Å². The number of nitrogens with zero attached hydrogens (tertiary/aromatic N) is 1. The van der Waals surface area contributed by atoms with E-state index in [4.69, 9.17) is 4.74 Å². The molecule has 0 saturated carbocycles. The average molecular weight is 219 g/mol. The summed E-state index contributed by atoms with van der Waals surface area (Å²) in [6.07, 6.45) is 2.20. The summed E-state index contributed by atoms with van der Waals surface area (Å²) in [4.78, 5) is 12.9. The van der Waals surface area contributed by atoms with Crippen molar-refractivity contribution in [3.63, 3.8) is 0 Å². The lowest BCUT2D eigenvalue weighted by molar-refractivity contribution is 0.0821. The number of hydrogen-bond acceptors (Lipinski definition) is 3. The van der Waals surface area contributed by atoms with E-state index < -0.39 is 0 Å². The molecule has 1 fully saturated rings. The number of benzene rings is 1. The number of carbonyl (C=O) groups excluding carboxylic acids is 1. The molecule has 0 spiro atoms. The summed E-state index contributed by atoms with van der Waals surface area (Å²) in [5, 5.41) is 0. The Balaban J connectivity index is 2.11. The zero-order chi connectivity index (χ0) is 11.4. The van der Waals surface area contributed by atoms with Crippen LogP contribution in [0, 0.1) is 0 Å². The van der Waals surface area contributed by atoms with Crippen molar-refractivity contribution in [3.05, 3.63) is 29.8 Å². The first-order valence-corrected chi connectivity index (χ1v) is 5.71. The van der Waals surface area contributed by atoms with Crippen LogP contribution < -0.4 is 4.90 Å². The summed E-state index contributed by atoms with van der Waals surface area (Å²) >= 11 is 0. The molecule has 1 atom stereocenters. The largest absolute Gasteiger partial charge is 0.377 e. The topological polar surface area (TPSA) is 29.5 Å². The van der Waals surface area contributed by atoms with E-state index in [1.165, 1.54) is 5.69 Å². The number of anilines is 1. The lowest BCUT2D eigenvalue weighted by Gasteiger charge is -2.24. The van der Waals surface area contributed by atoms with Gasteiger partial charge in [0.1, 0.15) is 6.29 Å². The average Bonchev–Trinajstić information content (AvgIpc) is 2.54. The molecule has 3 nitrogen and oxygen atoms in total. The van der Waals surface area contributed by atoms with E-state index in [2.05, 4.69) is 11.8 Å². The molecule has 3 heteroatoms. The molecule has 0 aromatic heterocycles. The normalized spacial score (nSPS) is 21.6. The maximum atomic E-state index is 10.6. The van der Waals surface area contributed by atoms with Crippen LogP contribution in [-0.4, -0.2) is 32.1 Å². The molecule has 1 unspecified atom stereocenters. The van der Waals surface area contributed by atoms with E-state index in [1.807, 2.05) is 24.3 Å². The minimum absolute atomic E-state index is 0.272. The van der Waals surface area contributed by atoms with Crippen molar-refractivity contribution in [3.8, 4) is 0 Å². The van der Waals surface area contributed by atoms with Crippen LogP contribution in [0.1, 0.15) is 23.7 Å². The zero-order valence-electron chi connectivity index (χ0n) is 9.56. The molecular formula is C13H17NO2. The van der Waals surface area contributed by atoms with Gasteiger partial charge in [-0.05, 0) is 37.6 Å². The van der Waals surface area contributed by atoms with E-state index in [-0.39, 0.29) is 6.10 Å². The number of rotatable bonds is 2. The Hall–Kier alpha value is -1.35. The second-order valence-corrected chi connectivity index (χ2v) is 4.19. The molecule has 1 aromatic carbocycles. The predicted octanol–water partition coefficient (Wildman–Crippen LogP) is 2.11. The van der Waals surface area contributed by atoms with Gasteiger partial charge in [-0.15, -0.1) is 0 Å². The van der Waals surface area contributed by atoms with Gasteiger partial charge < -0.3 is 9.64 Å². The number of carbonyl (C=O) groups is 1. The van der Waals surface area contributed by atoms with E-state index >= 15 is 0 Å². The van der Waals surface area contributed by atoms with Gasteiger partial charge in [0, 0.05) is 30.9 Å². The number of ether oxygens (including phenoxy) is 1. The Morgan fingerprint density at radius 1 is 1.38 bits per heavy atom. The van der Waals surface area contributed by atoms with Crippen LogP contribution in [0.2, 0.25) is 0 Å². The third-order valence-corrected chi connectivity index (χ3v) is 2.85. The second kappa shape index (κ2) is 5.12. The zero-order valence-corrected chi connectivity index (χ0v) is 9.56. The highest BCUT2D eigenvalue weighted by atomic mass is 16.5. The SMILES string of the molecule is CC1CN(c2ccc(C=O)cc2)CCCO1. The molecule has 1 aliphatic heterocycles. The van der Waals surface area contributed by atoms with Crippen LogP contribution in [0.3, 0.4) is 0 Å². The summed E-state index contributed by atoms with van der Waals surface area (Å²) in [6.45, 7) is 4.87. The van der Waals surface area contributed by atoms with Gasteiger partial charge in [-0.25, -0.2) is 0 Å². The molecule has 2 rings (SSSR count). The highest BCUT2D eigenvalue weighted by molar-refractivity contribution is 5.75. The van der Waals surface area contributed by atoms with Gasteiger partial charge in [0.05, 0.1) is 6.10 Å². The van der Waals surface area contributed by atoms with Gasteiger partial charge in [0.2, 0.25) is 0 Å². The third kappa shape index (κ3) is 2.61. The van der Waals surface area contributed by atoms with Crippen molar-refractivity contribution in [2.24, 2.45) is 0 Å². The van der Waals surface area contributed by atoms with Crippen LogP contribution in [-0.2, 0) is 4.74 Å². The summed E-state index contributed by atoms with van der Waals surface area (Å²) < 4.78 is 5.60. The predicted molar refractivity (Wildman–Crippen MR) is 64.1 cm³/mol. The van der Waals surface area contributed by atoms with Gasteiger partial charge >= 0.3 is 0 Å². The highest BCUT2D eigenvalue weighted by Gasteiger charge is 2.14. The summed E-state index contributed by atoms with van der Waals surface area (Å²) in [5.74, 6) is 0. The molecule has 0 bridgehead atoms. The Bertz CT molecular complexity index is 347. The number of aldehydes is 1. The Kier molecular flexibility index (Phi) is 3.57. The fourth-order valence-corrected chi connectivity index (χ4v) is 1.99. The fraction of sp³-hybridized carbons (Fsp3) is 0.462. The molecule has 1 aliphatic rings. The summed E-state index contributed by atoms with van der Waals surface area (Å²) in [5.41, 5.74) is 1.89. The van der Waals surface area contributed by atoms with E-state index in [0.717, 1.165) is 38.0 Å². The van der Waals surface area contributed by atoms with Gasteiger partial charge in [-0.2, -0.15) is 0 Å². The molecule has 0 amide bonds. The fourth-order valence-electron chi connectivity index (χ4n) is 1.99. The highest BCUT2D eigenvalue weighted by Crippen LogP contribution is 2.18. The Labute approximate surface area is 96.0 Å². The van der Waals surface area contributed by atoms with E-state index in [1.54, 1.807) is 0 Å². The first-order valence-electron chi connectivity index (χ1n) is 5.71. The quantitative estimate of drug-likeness (QED) is 0.713. The molecule has 16 heavy (non-hydrogen) atoms. The number of hydrogen-bond donors (Lipinski definition) is 0. The van der Waals surface area contributed by atoms with Crippen molar-refractivity contribution in [1.82, 2.24) is 0 Å². The monoisotopic (exact) mass is 219 g/mol. The molecule has 86 valence electrons. The second-order valence-electron chi connectivity index (χ2n) is 4.19. The first kappa shape index (κ1) is 11.1. The van der Waals surface area contributed by atoms with Crippen molar-refractivity contribution in [1.29, 1.82) is 0 Å². The van der Waals surface area contributed by atoms with Crippen LogP contribution in [0.5, 0.6) is 0 Å². The lowest BCUT2D eigenvalue weighted by Crippen LogP contribution is -2.29. The van der Waals surface area contributed by atoms with Crippen molar-refractivity contribution in [2.45, 2.75) is 19.4 Å². The van der Waals surface area contributed by atoms with Gasteiger partial charge in [-0.3, -0.25) is 4.79 Å². The van der Waals surface area contributed by atoms with Crippen molar-refractivity contribution >= 4 is 12.0 Å². The summed E-state index contributed by atoms with van der Waals surface area (Å²) in [6, 6.07) is 7.72. The third-order valence-electron chi connectivity index (χ3n) is 2.85. The maximum absolute atomic E-state index is 10.6. The molecule has 1 heterocycles. The molecule has 0 radical (unpaired) electrons. The minimum atomic E-state index is 0.272. The molecular weight excluding hydrogens is 202 g/mol. The van der Waals surface area contributed by atoms with Crippen LogP contribution in [0.25, 0.3) is 0 Å². The molecule has 1 saturated heterocycles. The van der Waals surface area contributed by atoms with Gasteiger partial charge in [0.15, 0.2) is 0 Å². The Morgan fingerprint density at radius 2 is 2.12 bits per heavy atom. The van der Waals surface area contributed by atoms with Crippen molar-refractivity contribution in [2.75, 3.05) is 24.6 Å². The van der Waals surface area contributed by atoms with E-state index in [9.17, 15) is 4.79 Å². The smallest absolute Gasteiger partial charge is 0.150 e. The molecule has 0 N–H and O–H groups in total. The lowest BCUT2D eigenvalue weighted by atomic mass is 10.2. The summed E-state index contributed by atoms with van der Waals surface area (Å²) in [7, 11) is 0. The van der Waals surface area contributed by atoms with Gasteiger partial charge in [-0.1, -0.05) is 0 Å². The molecule has 0 aliphatic carbocycles. The standard InChI is InChI=1S/C13H17NO2/c1-11-9-14(7-2-8-16-11)13-5-3-12(10-15)4-6-13/h3-6,10-11H,2,7-9H2,1H3. The van der Waals surface area contributed by atoms with Crippen molar-refractivity contribution < 1.29 is 9.53 Å². The molecule has 1 aromatic rings. The first-order chi connectivity index (χ1) is 7.79. The van der Waals surface area contributed by atoms with Crippen LogP contribution in [0.4, 0.5) is 5.69 Å².